The summed E-state index contributed by atoms with van der Waals surface area (Å²) in [7, 11) is 0. The third kappa shape index (κ3) is 6.62. The number of amides is 1. The van der Waals surface area contributed by atoms with Crippen molar-refractivity contribution in [1.82, 2.24) is 25.3 Å². The number of carbonyl (C=O) groups is 1. The van der Waals surface area contributed by atoms with Gasteiger partial charge in [0.2, 0.25) is 17.6 Å². The Morgan fingerprint density at radius 1 is 1.03 bits per heavy atom. The van der Waals surface area contributed by atoms with E-state index in [-0.39, 0.29) is 11.8 Å². The van der Waals surface area contributed by atoms with E-state index < -0.39 is 0 Å². The molecule has 174 valence electrons. The van der Waals surface area contributed by atoms with E-state index in [2.05, 4.69) is 44.3 Å². The minimum Gasteiger partial charge on any atom is -0.356 e. The number of nitrogens with one attached hydrogen (secondary N) is 1. The van der Waals surface area contributed by atoms with Crippen molar-refractivity contribution in [2.24, 2.45) is 5.92 Å². The van der Waals surface area contributed by atoms with Gasteiger partial charge in [-0.25, -0.2) is 0 Å². The van der Waals surface area contributed by atoms with Gasteiger partial charge in [-0.15, -0.1) is 0 Å². The first kappa shape index (κ1) is 22.9. The summed E-state index contributed by atoms with van der Waals surface area (Å²) in [5, 5.41) is 7.30. The summed E-state index contributed by atoms with van der Waals surface area (Å²) in [5.74, 6) is 1.61. The predicted octanol–water partition coefficient (Wildman–Crippen LogP) is 3.64. The Morgan fingerprint density at radius 3 is 2.47 bits per heavy atom. The molecule has 2 saturated heterocycles. The molecule has 1 aromatic carbocycles. The lowest BCUT2D eigenvalue weighted by atomic mass is 9.96. The van der Waals surface area contributed by atoms with Gasteiger partial charge in [-0.3, -0.25) is 9.69 Å². The number of aromatic nitrogens is 2. The molecule has 3 heterocycles. The van der Waals surface area contributed by atoms with Gasteiger partial charge in [0.05, 0.1) is 6.54 Å². The van der Waals surface area contributed by atoms with E-state index in [1.807, 2.05) is 12.1 Å². The second kappa shape index (κ2) is 11.6. The van der Waals surface area contributed by atoms with Gasteiger partial charge in [-0.2, -0.15) is 4.98 Å². The average Bonchev–Trinajstić information content (AvgIpc) is 3.11. The largest absolute Gasteiger partial charge is 0.356 e. The van der Waals surface area contributed by atoms with Gasteiger partial charge in [0, 0.05) is 18.0 Å². The zero-order chi connectivity index (χ0) is 22.2. The number of aryl methyl sites for hydroxylation is 1. The number of benzene rings is 1. The maximum Gasteiger partial charge on any atom is 0.241 e. The van der Waals surface area contributed by atoms with Crippen LogP contribution in [0.4, 0.5) is 0 Å². The molecule has 4 rings (SSSR count). The van der Waals surface area contributed by atoms with Crippen molar-refractivity contribution in [3.63, 3.8) is 0 Å². The van der Waals surface area contributed by atoms with Crippen LogP contribution in [0.5, 0.6) is 0 Å². The number of hydrogen-bond acceptors (Lipinski definition) is 6. The number of likely N-dealkylation sites (tertiary alicyclic amines) is 2. The highest BCUT2D eigenvalue weighted by atomic mass is 16.5. The third-order valence-corrected chi connectivity index (χ3v) is 6.74. The Labute approximate surface area is 191 Å². The summed E-state index contributed by atoms with van der Waals surface area (Å²) in [6, 6.07) is 8.14. The second-order valence-corrected chi connectivity index (χ2v) is 9.33. The van der Waals surface area contributed by atoms with Crippen molar-refractivity contribution in [3.8, 4) is 11.4 Å². The van der Waals surface area contributed by atoms with Gasteiger partial charge in [-0.1, -0.05) is 47.8 Å². The van der Waals surface area contributed by atoms with E-state index in [1.165, 1.54) is 44.3 Å². The van der Waals surface area contributed by atoms with E-state index in [1.54, 1.807) is 0 Å². The minimum absolute atomic E-state index is 0.121. The van der Waals surface area contributed by atoms with Gasteiger partial charge in [0.15, 0.2) is 0 Å². The van der Waals surface area contributed by atoms with Gasteiger partial charge < -0.3 is 14.7 Å². The molecule has 32 heavy (non-hydrogen) atoms. The number of hydrogen-bond donors (Lipinski definition) is 1. The maximum atomic E-state index is 12.6. The van der Waals surface area contributed by atoms with E-state index in [9.17, 15) is 4.79 Å². The zero-order valence-corrected chi connectivity index (χ0v) is 19.4. The molecule has 7 heteroatoms. The van der Waals surface area contributed by atoms with Crippen molar-refractivity contribution in [2.45, 2.75) is 58.4 Å². The van der Waals surface area contributed by atoms with E-state index in [0.29, 0.717) is 18.3 Å². The molecule has 0 atom stereocenters. The van der Waals surface area contributed by atoms with E-state index in [4.69, 9.17) is 4.52 Å². The van der Waals surface area contributed by atoms with Gasteiger partial charge in [0.1, 0.15) is 0 Å². The van der Waals surface area contributed by atoms with Crippen molar-refractivity contribution < 1.29 is 9.32 Å². The van der Waals surface area contributed by atoms with Crippen LogP contribution >= 0.6 is 0 Å². The first-order valence-electron chi connectivity index (χ1n) is 12.3. The first-order valence-corrected chi connectivity index (χ1v) is 12.3. The van der Waals surface area contributed by atoms with Gasteiger partial charge >= 0.3 is 0 Å². The quantitative estimate of drug-likeness (QED) is 0.633. The molecule has 0 spiro atoms. The molecule has 0 aliphatic carbocycles. The van der Waals surface area contributed by atoms with Crippen LogP contribution in [-0.2, 0) is 11.3 Å². The van der Waals surface area contributed by atoms with E-state index in [0.717, 1.165) is 51.0 Å². The highest BCUT2D eigenvalue weighted by Crippen LogP contribution is 2.21. The molecule has 0 bridgehead atoms. The highest BCUT2D eigenvalue weighted by molar-refractivity contribution is 5.78. The van der Waals surface area contributed by atoms with Crippen LogP contribution in [0, 0.1) is 12.8 Å². The predicted molar refractivity (Wildman–Crippen MR) is 125 cm³/mol. The molecule has 0 saturated carbocycles. The first-order chi connectivity index (χ1) is 15.7. The summed E-state index contributed by atoms with van der Waals surface area (Å²) >= 11 is 0. The molecule has 2 aliphatic rings. The Hall–Kier alpha value is -2.25. The molecule has 2 fully saturated rings. The minimum atomic E-state index is 0.121. The molecular formula is C25H37N5O2. The van der Waals surface area contributed by atoms with Gasteiger partial charge in [-0.05, 0) is 71.8 Å². The fourth-order valence-corrected chi connectivity index (χ4v) is 4.70. The molecule has 2 aliphatic heterocycles. The lowest BCUT2D eigenvalue weighted by Gasteiger charge is -2.30. The fraction of sp³-hybridized carbons (Fsp3) is 0.640. The lowest BCUT2D eigenvalue weighted by molar-refractivity contribution is -0.126. The van der Waals surface area contributed by atoms with E-state index >= 15 is 0 Å². The smallest absolute Gasteiger partial charge is 0.241 e. The van der Waals surface area contributed by atoms with Gasteiger partial charge in [0.25, 0.3) is 0 Å². The van der Waals surface area contributed by atoms with Crippen LogP contribution in [0.2, 0.25) is 0 Å². The number of piperidine rings is 1. The van der Waals surface area contributed by atoms with Crippen molar-refractivity contribution >= 4 is 5.91 Å². The van der Waals surface area contributed by atoms with Crippen LogP contribution in [-0.4, -0.2) is 65.1 Å². The van der Waals surface area contributed by atoms with Crippen LogP contribution in [0.1, 0.15) is 56.4 Å². The van der Waals surface area contributed by atoms with Crippen LogP contribution in [0.3, 0.4) is 0 Å². The van der Waals surface area contributed by atoms with Crippen molar-refractivity contribution in [3.05, 3.63) is 35.7 Å². The Morgan fingerprint density at radius 2 is 1.75 bits per heavy atom. The molecule has 1 amide bonds. The zero-order valence-electron chi connectivity index (χ0n) is 19.4. The SMILES string of the molecule is Cc1ccc(-c2noc(CN3CCC(C(=O)NCCCN4CCCCCC4)CC3)n2)cc1. The maximum absolute atomic E-state index is 12.6. The summed E-state index contributed by atoms with van der Waals surface area (Å²) < 4.78 is 5.46. The Bertz CT molecular complexity index is 834. The fourth-order valence-electron chi connectivity index (χ4n) is 4.70. The highest BCUT2D eigenvalue weighted by Gasteiger charge is 2.26. The lowest BCUT2D eigenvalue weighted by Crippen LogP contribution is -2.41. The monoisotopic (exact) mass is 439 g/mol. The molecule has 0 radical (unpaired) electrons. The third-order valence-electron chi connectivity index (χ3n) is 6.74. The van der Waals surface area contributed by atoms with Crippen LogP contribution < -0.4 is 5.32 Å². The van der Waals surface area contributed by atoms with Crippen molar-refractivity contribution in [2.75, 3.05) is 39.3 Å². The number of nitrogens with zero attached hydrogens (tertiary/aromatic N) is 4. The number of rotatable bonds is 8. The molecular weight excluding hydrogens is 402 g/mol. The van der Waals surface area contributed by atoms with Crippen LogP contribution in [0.15, 0.2) is 28.8 Å². The number of carbonyl (C=O) groups excluding carboxylic acids is 1. The normalized spacial score (nSPS) is 19.0. The second-order valence-electron chi connectivity index (χ2n) is 9.33. The Kier molecular flexibility index (Phi) is 8.29. The molecule has 2 aromatic rings. The van der Waals surface area contributed by atoms with Crippen molar-refractivity contribution in [1.29, 1.82) is 0 Å². The van der Waals surface area contributed by atoms with Crippen LogP contribution in [0.25, 0.3) is 11.4 Å². The molecule has 1 aromatic heterocycles. The Balaban J connectivity index is 1.14. The molecule has 0 unspecified atom stereocenters. The summed E-state index contributed by atoms with van der Waals surface area (Å²) in [6.45, 7) is 8.81. The summed E-state index contributed by atoms with van der Waals surface area (Å²) in [4.78, 5) is 22.0. The standard InChI is InChI=1S/C25H37N5O2/c1-20-7-9-21(10-8-20)24-27-23(32-28-24)19-30-17-11-22(12-18-30)25(31)26-13-6-16-29-14-4-2-3-5-15-29/h7-10,22H,2-6,11-19H2,1H3,(H,26,31). The summed E-state index contributed by atoms with van der Waals surface area (Å²) in [6.07, 6.45) is 8.20. The topological polar surface area (TPSA) is 74.5 Å². The summed E-state index contributed by atoms with van der Waals surface area (Å²) in [5.41, 5.74) is 2.18. The molecule has 1 N–H and O–H groups in total. The molecule has 7 nitrogen and oxygen atoms in total. The average molecular weight is 440 g/mol.